The molecule has 96 valence electrons. The molecule has 0 radical (unpaired) electrons. The fraction of sp³-hybridized carbons (Fsp3) is 0.312. The number of hydrogen-bond donors (Lipinski definition) is 1. The van der Waals surface area contributed by atoms with Gasteiger partial charge in [-0.05, 0) is 43.6 Å². The van der Waals surface area contributed by atoms with Gasteiger partial charge in [-0.1, -0.05) is 18.2 Å². The number of aromatic amines is 1. The summed E-state index contributed by atoms with van der Waals surface area (Å²) in [5.41, 5.74) is 5.07. The first-order valence-electron chi connectivity index (χ1n) is 6.84. The Morgan fingerprint density at radius 2 is 2.00 bits per heavy atom. The number of H-pyrrole nitrogens is 1. The summed E-state index contributed by atoms with van der Waals surface area (Å²) in [5, 5.41) is 2.63. The lowest BCUT2D eigenvalue weighted by atomic mass is 9.95. The first kappa shape index (κ1) is 11.4. The van der Waals surface area contributed by atoms with Crippen LogP contribution in [0.4, 0.5) is 0 Å². The van der Waals surface area contributed by atoms with E-state index < -0.39 is 0 Å². The van der Waals surface area contributed by atoms with Crippen molar-refractivity contribution in [3.8, 4) is 0 Å². The number of para-hydroxylation sites is 1. The summed E-state index contributed by atoms with van der Waals surface area (Å²) in [6.45, 7) is 0. The molecule has 0 saturated carbocycles. The fourth-order valence-corrected chi connectivity index (χ4v) is 4.09. The van der Waals surface area contributed by atoms with Crippen LogP contribution in [0.25, 0.3) is 21.9 Å². The molecule has 3 heteroatoms. The lowest BCUT2D eigenvalue weighted by molar-refractivity contribution is 0.662. The number of nitrogens with one attached hydrogen (secondary N) is 1. The second kappa shape index (κ2) is 4.27. The SMILES string of the molecule is CSc1c2c(nc3[nH]c4ccccc4c13)CCCC2. The van der Waals surface area contributed by atoms with Crippen LogP contribution in [-0.2, 0) is 12.8 Å². The zero-order valence-electron chi connectivity index (χ0n) is 11.0. The number of rotatable bonds is 1. The minimum atomic E-state index is 1.06. The fourth-order valence-electron chi connectivity index (χ4n) is 3.21. The van der Waals surface area contributed by atoms with Gasteiger partial charge in [0.25, 0.3) is 0 Å². The topological polar surface area (TPSA) is 28.7 Å². The maximum atomic E-state index is 4.89. The molecule has 2 nitrogen and oxygen atoms in total. The molecule has 19 heavy (non-hydrogen) atoms. The highest BCUT2D eigenvalue weighted by atomic mass is 32.2. The summed E-state index contributed by atoms with van der Waals surface area (Å²) in [6.07, 6.45) is 7.09. The number of fused-ring (bicyclic) bond motifs is 4. The summed E-state index contributed by atoms with van der Waals surface area (Å²) in [7, 11) is 0. The molecule has 2 heterocycles. The molecule has 0 aliphatic heterocycles. The maximum absolute atomic E-state index is 4.89. The molecule has 4 rings (SSSR count). The second-order valence-corrected chi connectivity index (χ2v) is 5.99. The van der Waals surface area contributed by atoms with Gasteiger partial charge in [-0.15, -0.1) is 11.8 Å². The van der Waals surface area contributed by atoms with Gasteiger partial charge >= 0.3 is 0 Å². The molecule has 0 bridgehead atoms. The Kier molecular flexibility index (Phi) is 2.55. The largest absolute Gasteiger partial charge is 0.339 e. The van der Waals surface area contributed by atoms with Gasteiger partial charge in [0.15, 0.2) is 0 Å². The third-order valence-electron chi connectivity index (χ3n) is 4.08. The van der Waals surface area contributed by atoms with E-state index in [2.05, 4.69) is 35.5 Å². The van der Waals surface area contributed by atoms with Crippen molar-refractivity contribution in [1.82, 2.24) is 9.97 Å². The van der Waals surface area contributed by atoms with Crippen molar-refractivity contribution in [3.05, 3.63) is 35.5 Å². The summed E-state index contributed by atoms with van der Waals surface area (Å²) in [6, 6.07) is 8.53. The van der Waals surface area contributed by atoms with E-state index in [1.165, 1.54) is 51.7 Å². The van der Waals surface area contributed by atoms with E-state index in [-0.39, 0.29) is 0 Å². The van der Waals surface area contributed by atoms with Gasteiger partial charge in [-0.25, -0.2) is 4.98 Å². The first-order chi connectivity index (χ1) is 9.38. The third-order valence-corrected chi connectivity index (χ3v) is 4.94. The number of hydrogen-bond acceptors (Lipinski definition) is 2. The van der Waals surface area contributed by atoms with E-state index in [4.69, 9.17) is 4.98 Å². The number of nitrogens with zero attached hydrogens (tertiary/aromatic N) is 1. The zero-order chi connectivity index (χ0) is 12.8. The lowest BCUT2D eigenvalue weighted by Gasteiger charge is -2.18. The number of pyridine rings is 1. The molecular weight excluding hydrogens is 252 g/mol. The van der Waals surface area contributed by atoms with Crippen LogP contribution in [0.3, 0.4) is 0 Å². The van der Waals surface area contributed by atoms with Crippen molar-refractivity contribution in [2.75, 3.05) is 6.26 Å². The van der Waals surface area contributed by atoms with Crippen LogP contribution in [0, 0.1) is 0 Å². The number of aryl methyl sites for hydroxylation is 1. The number of thioether (sulfide) groups is 1. The Hall–Kier alpha value is -1.48. The van der Waals surface area contributed by atoms with Crippen LogP contribution < -0.4 is 0 Å². The van der Waals surface area contributed by atoms with Crippen molar-refractivity contribution >= 4 is 33.7 Å². The van der Waals surface area contributed by atoms with Gasteiger partial charge in [0, 0.05) is 26.9 Å². The van der Waals surface area contributed by atoms with E-state index >= 15 is 0 Å². The molecule has 0 saturated heterocycles. The summed E-state index contributed by atoms with van der Waals surface area (Å²) >= 11 is 1.87. The summed E-state index contributed by atoms with van der Waals surface area (Å²) < 4.78 is 0. The van der Waals surface area contributed by atoms with E-state index in [0.29, 0.717) is 0 Å². The van der Waals surface area contributed by atoms with Crippen molar-refractivity contribution in [2.45, 2.75) is 30.6 Å². The average Bonchev–Trinajstić information content (AvgIpc) is 2.82. The van der Waals surface area contributed by atoms with E-state index in [1.54, 1.807) is 0 Å². The van der Waals surface area contributed by atoms with E-state index in [0.717, 1.165) is 12.1 Å². The minimum absolute atomic E-state index is 1.06. The quantitative estimate of drug-likeness (QED) is 0.666. The summed E-state index contributed by atoms with van der Waals surface area (Å²) in [4.78, 5) is 9.81. The van der Waals surface area contributed by atoms with Crippen molar-refractivity contribution in [3.63, 3.8) is 0 Å². The predicted octanol–water partition coefficient (Wildman–Crippen LogP) is 4.32. The second-order valence-electron chi connectivity index (χ2n) is 5.17. The molecule has 0 atom stereocenters. The van der Waals surface area contributed by atoms with E-state index in [1.807, 2.05) is 11.8 Å². The highest BCUT2D eigenvalue weighted by Gasteiger charge is 2.20. The molecule has 0 amide bonds. The Labute approximate surface area is 116 Å². The molecule has 0 unspecified atom stereocenters. The van der Waals surface area contributed by atoms with Crippen LogP contribution >= 0.6 is 11.8 Å². The molecule has 1 aliphatic carbocycles. The standard InChI is InChI=1S/C16H16N2S/c1-19-15-11-7-3-5-9-13(11)18-16-14(15)10-6-2-4-8-12(10)17-16/h2,4,6,8H,3,5,7,9H2,1H3,(H,17,18). The van der Waals surface area contributed by atoms with Gasteiger partial charge in [0.1, 0.15) is 5.65 Å². The maximum Gasteiger partial charge on any atom is 0.139 e. The van der Waals surface area contributed by atoms with Gasteiger partial charge < -0.3 is 4.98 Å². The Morgan fingerprint density at radius 3 is 2.89 bits per heavy atom. The Balaban J connectivity index is 2.18. The number of benzene rings is 1. The smallest absolute Gasteiger partial charge is 0.139 e. The minimum Gasteiger partial charge on any atom is -0.339 e. The van der Waals surface area contributed by atoms with Crippen molar-refractivity contribution in [1.29, 1.82) is 0 Å². The lowest BCUT2D eigenvalue weighted by Crippen LogP contribution is -2.07. The third kappa shape index (κ3) is 1.61. The highest BCUT2D eigenvalue weighted by molar-refractivity contribution is 7.98. The monoisotopic (exact) mass is 268 g/mol. The molecule has 0 spiro atoms. The van der Waals surface area contributed by atoms with Gasteiger partial charge in [0.2, 0.25) is 0 Å². The van der Waals surface area contributed by atoms with Crippen LogP contribution in [-0.4, -0.2) is 16.2 Å². The average molecular weight is 268 g/mol. The highest BCUT2D eigenvalue weighted by Crippen LogP contribution is 2.38. The molecule has 2 aromatic heterocycles. The van der Waals surface area contributed by atoms with Gasteiger partial charge in [-0.3, -0.25) is 0 Å². The number of aromatic nitrogens is 2. The van der Waals surface area contributed by atoms with Crippen LogP contribution in [0.5, 0.6) is 0 Å². The predicted molar refractivity (Wildman–Crippen MR) is 82.0 cm³/mol. The van der Waals surface area contributed by atoms with Crippen LogP contribution in [0.15, 0.2) is 29.2 Å². The molecule has 3 aromatic rings. The van der Waals surface area contributed by atoms with E-state index in [9.17, 15) is 0 Å². The molecule has 1 N–H and O–H groups in total. The normalized spacial score (nSPS) is 15.0. The summed E-state index contributed by atoms with van der Waals surface area (Å²) in [5.74, 6) is 0. The van der Waals surface area contributed by atoms with Crippen LogP contribution in [0.2, 0.25) is 0 Å². The molecular formula is C16H16N2S. The molecule has 1 aromatic carbocycles. The zero-order valence-corrected chi connectivity index (χ0v) is 11.8. The van der Waals surface area contributed by atoms with Crippen molar-refractivity contribution in [2.24, 2.45) is 0 Å². The Morgan fingerprint density at radius 1 is 1.16 bits per heavy atom. The molecule has 0 fully saturated rings. The first-order valence-corrected chi connectivity index (χ1v) is 8.07. The molecule has 1 aliphatic rings. The van der Waals surface area contributed by atoms with Crippen LogP contribution in [0.1, 0.15) is 24.1 Å². The Bertz CT molecular complexity index is 773. The van der Waals surface area contributed by atoms with Gasteiger partial charge in [-0.2, -0.15) is 0 Å². The van der Waals surface area contributed by atoms with Crippen molar-refractivity contribution < 1.29 is 0 Å². The van der Waals surface area contributed by atoms with Gasteiger partial charge in [0.05, 0.1) is 0 Å².